The topological polar surface area (TPSA) is 108 Å². The third kappa shape index (κ3) is 5.79. The van der Waals surface area contributed by atoms with Crippen LogP contribution in [0.4, 0.5) is 10.1 Å². The highest BCUT2D eigenvalue weighted by atomic mass is 19.1. The van der Waals surface area contributed by atoms with Gasteiger partial charge in [0.1, 0.15) is 5.82 Å². The van der Waals surface area contributed by atoms with Crippen molar-refractivity contribution in [1.82, 2.24) is 0 Å². The first-order chi connectivity index (χ1) is 28.3. The molecular weight excluding hydrogens is 750 g/mol. The van der Waals surface area contributed by atoms with E-state index < -0.39 is 75.9 Å². The molecule has 2 saturated heterocycles. The van der Waals surface area contributed by atoms with E-state index in [0.29, 0.717) is 39.2 Å². The number of rotatable bonds is 5. The summed E-state index contributed by atoms with van der Waals surface area (Å²) in [5.41, 5.74) is -0.485. The molecular formula is C49H42FNO8. The van der Waals surface area contributed by atoms with Crippen LogP contribution in [0.3, 0.4) is 0 Å². The summed E-state index contributed by atoms with van der Waals surface area (Å²) in [5, 5.41) is 0. The summed E-state index contributed by atoms with van der Waals surface area (Å²) < 4.78 is 39.6. The number of hydrogen-bond acceptors (Lipinski definition) is 9. The van der Waals surface area contributed by atoms with Crippen LogP contribution in [0.2, 0.25) is 0 Å². The van der Waals surface area contributed by atoms with Crippen LogP contribution in [0.25, 0.3) is 0 Å². The number of cyclic esters (lactones) is 4. The van der Waals surface area contributed by atoms with Gasteiger partial charge in [0.25, 0.3) is 11.6 Å². The molecule has 2 spiro atoms. The Morgan fingerprint density at radius 3 is 1.31 bits per heavy atom. The number of allylic oxidation sites excluding steroid dienone is 2. The standard InChI is InChI=1S/C49H42FNO8/c1-46(2)56-42(52)48(43(53)57-46)36(30-17-9-5-10-18-30)29-37-38(39(48)31-19-11-6-12-20-31)40(32-21-13-7-14-22-32)49(44(54)58-47(3,4)59-45(49)55)41(33-23-15-8-16-24-33)51(37)35-27-25-34(50)26-28-35/h5-28,36,39-41H,29H2,1-4H3/t36-,39-,40-,41-/m0/s1. The van der Waals surface area contributed by atoms with Gasteiger partial charge < -0.3 is 23.8 Å². The van der Waals surface area contributed by atoms with Crippen molar-refractivity contribution in [3.8, 4) is 0 Å². The molecule has 9 nitrogen and oxygen atoms in total. The fourth-order valence-corrected chi connectivity index (χ4v) is 10.0. The third-order valence-electron chi connectivity index (χ3n) is 12.2. The highest BCUT2D eigenvalue weighted by Crippen LogP contribution is 2.70. The van der Waals surface area contributed by atoms with Gasteiger partial charge in [-0.25, -0.2) is 4.39 Å². The molecule has 0 aromatic heterocycles. The maximum atomic E-state index is 15.6. The number of nitrogens with zero attached hydrogens (tertiary/aromatic N) is 1. The summed E-state index contributed by atoms with van der Waals surface area (Å²) >= 11 is 0. The Balaban J connectivity index is 1.50. The van der Waals surface area contributed by atoms with E-state index in [1.807, 2.05) is 126 Å². The van der Waals surface area contributed by atoms with E-state index in [1.54, 1.807) is 12.1 Å². The first kappa shape index (κ1) is 38.0. The molecule has 5 aromatic carbocycles. The lowest BCUT2D eigenvalue weighted by molar-refractivity contribution is -0.256. The van der Waals surface area contributed by atoms with Gasteiger partial charge in [0.05, 0.1) is 6.04 Å². The van der Waals surface area contributed by atoms with E-state index in [2.05, 4.69) is 0 Å². The molecule has 4 atom stereocenters. The third-order valence-corrected chi connectivity index (χ3v) is 12.2. The van der Waals surface area contributed by atoms with Crippen molar-refractivity contribution in [2.24, 2.45) is 10.8 Å². The zero-order valence-corrected chi connectivity index (χ0v) is 33.0. The van der Waals surface area contributed by atoms with Crippen LogP contribution in [0.5, 0.6) is 0 Å². The summed E-state index contributed by atoms with van der Waals surface area (Å²) in [5.74, 6) is -10.4. The van der Waals surface area contributed by atoms with Gasteiger partial charge in [-0.15, -0.1) is 0 Å². The van der Waals surface area contributed by atoms with E-state index in [0.717, 1.165) is 0 Å². The molecule has 2 fully saturated rings. The average molecular weight is 792 g/mol. The Kier molecular flexibility index (Phi) is 8.88. The van der Waals surface area contributed by atoms with Crippen molar-refractivity contribution >= 4 is 29.6 Å². The summed E-state index contributed by atoms with van der Waals surface area (Å²) in [4.78, 5) is 63.7. The summed E-state index contributed by atoms with van der Waals surface area (Å²) in [6.45, 7) is 6.02. The number of ether oxygens (including phenoxy) is 4. The van der Waals surface area contributed by atoms with Gasteiger partial charge in [-0.3, -0.25) is 19.2 Å². The predicted octanol–water partition coefficient (Wildman–Crippen LogP) is 9.04. The van der Waals surface area contributed by atoms with Crippen LogP contribution in [-0.4, -0.2) is 35.5 Å². The zero-order chi connectivity index (χ0) is 41.3. The average Bonchev–Trinajstić information content (AvgIpc) is 3.22. The molecule has 0 bridgehead atoms. The second kappa shape index (κ2) is 13.8. The van der Waals surface area contributed by atoms with Gasteiger partial charge in [-0.1, -0.05) is 121 Å². The molecule has 10 heteroatoms. The van der Waals surface area contributed by atoms with Crippen molar-refractivity contribution in [2.75, 3.05) is 4.90 Å². The van der Waals surface area contributed by atoms with E-state index in [4.69, 9.17) is 18.9 Å². The van der Waals surface area contributed by atoms with Crippen molar-refractivity contribution in [3.05, 3.63) is 185 Å². The number of esters is 4. The van der Waals surface area contributed by atoms with Crippen molar-refractivity contribution in [2.45, 2.75) is 69.5 Å². The van der Waals surface area contributed by atoms with E-state index >= 15 is 19.2 Å². The predicted molar refractivity (Wildman–Crippen MR) is 215 cm³/mol. The highest BCUT2D eigenvalue weighted by Gasteiger charge is 2.75. The minimum Gasteiger partial charge on any atom is -0.422 e. The lowest BCUT2D eigenvalue weighted by atomic mass is 9.48. The lowest BCUT2D eigenvalue weighted by Crippen LogP contribution is -2.67. The molecule has 3 heterocycles. The second-order valence-corrected chi connectivity index (χ2v) is 16.5. The molecule has 0 radical (unpaired) electrons. The zero-order valence-electron chi connectivity index (χ0n) is 33.0. The Bertz CT molecular complexity index is 2400. The Labute approximate surface area is 341 Å². The molecule has 5 aromatic rings. The Morgan fingerprint density at radius 1 is 0.492 bits per heavy atom. The molecule has 0 unspecified atom stereocenters. The molecule has 0 N–H and O–H groups in total. The fraction of sp³-hybridized carbons (Fsp3) is 0.265. The van der Waals surface area contributed by atoms with E-state index in [-0.39, 0.29) is 6.42 Å². The van der Waals surface area contributed by atoms with Crippen LogP contribution in [-0.2, 0) is 38.1 Å². The van der Waals surface area contributed by atoms with Crippen molar-refractivity contribution in [1.29, 1.82) is 0 Å². The molecule has 1 aliphatic carbocycles. The molecule has 9 rings (SSSR count). The minimum atomic E-state index is -2.22. The number of halogens is 1. The smallest absolute Gasteiger partial charge is 0.330 e. The number of carbonyl (C=O) groups is 4. The number of anilines is 1. The molecule has 0 amide bonds. The summed E-state index contributed by atoms with van der Waals surface area (Å²) in [6.07, 6.45) is 0.0308. The Hall–Kier alpha value is -6.55. The maximum absolute atomic E-state index is 15.6. The largest absolute Gasteiger partial charge is 0.422 e. The van der Waals surface area contributed by atoms with Gasteiger partial charge in [-0.2, -0.15) is 0 Å². The van der Waals surface area contributed by atoms with E-state index in [1.165, 1.54) is 39.8 Å². The normalized spacial score (nSPS) is 25.1. The van der Waals surface area contributed by atoms with Crippen molar-refractivity contribution in [3.63, 3.8) is 0 Å². The number of hydrogen-bond donors (Lipinski definition) is 0. The number of benzene rings is 5. The molecule has 59 heavy (non-hydrogen) atoms. The van der Waals surface area contributed by atoms with Gasteiger partial charge in [0.15, 0.2) is 10.8 Å². The monoisotopic (exact) mass is 791 g/mol. The van der Waals surface area contributed by atoms with E-state index in [9.17, 15) is 4.39 Å². The molecule has 298 valence electrons. The lowest BCUT2D eigenvalue weighted by Gasteiger charge is -2.61. The van der Waals surface area contributed by atoms with Gasteiger partial charge >= 0.3 is 23.9 Å². The Morgan fingerprint density at radius 2 is 0.864 bits per heavy atom. The summed E-state index contributed by atoms with van der Waals surface area (Å²) in [6, 6.07) is 41.3. The molecule has 3 aliphatic heterocycles. The quantitative estimate of drug-likeness (QED) is 0.127. The maximum Gasteiger partial charge on any atom is 0.330 e. The molecule has 0 saturated carbocycles. The van der Waals surface area contributed by atoms with Gasteiger partial charge in [0, 0.05) is 56.8 Å². The van der Waals surface area contributed by atoms with Crippen LogP contribution in [0.15, 0.2) is 157 Å². The van der Waals surface area contributed by atoms with Crippen LogP contribution >= 0.6 is 0 Å². The molecule has 4 aliphatic rings. The summed E-state index contributed by atoms with van der Waals surface area (Å²) in [7, 11) is 0. The SMILES string of the molecule is CC1(C)OC(=O)C2(C(=O)O1)[C@@H](c1ccccc1)C1=C(C[C@@H](c3ccccc3)C3(C(=O)OC(C)(C)OC3=O)[C@H]1c1ccccc1)N(c1ccc(F)cc1)[C@H]2c1ccccc1. The first-order valence-electron chi connectivity index (χ1n) is 19.7. The van der Waals surface area contributed by atoms with Crippen LogP contribution in [0, 0.1) is 16.6 Å². The fourth-order valence-electron chi connectivity index (χ4n) is 10.0. The first-order valence-corrected chi connectivity index (χ1v) is 19.7. The highest BCUT2D eigenvalue weighted by molar-refractivity contribution is 6.08. The minimum absolute atomic E-state index is 0.0308. The van der Waals surface area contributed by atoms with Crippen LogP contribution < -0.4 is 4.90 Å². The van der Waals surface area contributed by atoms with Gasteiger partial charge in [0.2, 0.25) is 0 Å². The second-order valence-electron chi connectivity index (χ2n) is 16.5. The van der Waals surface area contributed by atoms with Crippen LogP contribution in [0.1, 0.15) is 80.2 Å². The van der Waals surface area contributed by atoms with Crippen molar-refractivity contribution < 1.29 is 42.5 Å². The number of carbonyl (C=O) groups excluding carboxylic acids is 4. The van der Waals surface area contributed by atoms with Gasteiger partial charge in [-0.05, 0) is 58.5 Å².